The molecule has 0 atom stereocenters. The summed E-state index contributed by atoms with van der Waals surface area (Å²) in [5.41, 5.74) is 5.48. The van der Waals surface area contributed by atoms with Crippen molar-refractivity contribution in [1.82, 2.24) is 9.78 Å². The van der Waals surface area contributed by atoms with E-state index in [9.17, 15) is 9.59 Å². The molecule has 8 heteroatoms. The summed E-state index contributed by atoms with van der Waals surface area (Å²) in [6.07, 6.45) is 2.50. The minimum Gasteiger partial charge on any atom is -0.482 e. The first-order chi connectivity index (χ1) is 14.9. The van der Waals surface area contributed by atoms with E-state index in [1.807, 2.05) is 30.8 Å². The number of hydrogen-bond acceptors (Lipinski definition) is 5. The minimum absolute atomic E-state index is 0.216. The second-order valence-electron chi connectivity index (χ2n) is 7.45. The number of methoxy groups -OCH3 is 1. The molecule has 2 heterocycles. The number of benzene rings is 2. The van der Waals surface area contributed by atoms with E-state index in [1.165, 1.54) is 13.2 Å². The van der Waals surface area contributed by atoms with Crippen LogP contribution in [0.5, 0.6) is 5.75 Å². The lowest BCUT2D eigenvalue weighted by Crippen LogP contribution is -2.30. The molecule has 1 aliphatic rings. The normalized spacial score (nSPS) is 12.6. The first-order valence-corrected chi connectivity index (χ1v) is 10.2. The highest BCUT2D eigenvalue weighted by Gasteiger charge is 2.28. The molecule has 1 aromatic heterocycles. The number of halogens is 1. The van der Waals surface area contributed by atoms with Crippen LogP contribution in [-0.4, -0.2) is 35.4 Å². The summed E-state index contributed by atoms with van der Waals surface area (Å²) < 4.78 is 11.8. The first-order valence-electron chi connectivity index (χ1n) is 9.77. The topological polar surface area (TPSA) is 73.7 Å². The Morgan fingerprint density at radius 3 is 2.71 bits per heavy atom. The number of aromatic nitrogens is 2. The number of hydrogen-bond donors (Lipinski definition) is 0. The quantitative estimate of drug-likeness (QED) is 0.580. The van der Waals surface area contributed by atoms with E-state index in [0.717, 1.165) is 28.1 Å². The van der Waals surface area contributed by atoms with Gasteiger partial charge in [0.2, 0.25) is 0 Å². The van der Waals surface area contributed by atoms with Gasteiger partial charge >= 0.3 is 5.97 Å². The van der Waals surface area contributed by atoms with Crippen LogP contribution in [0.15, 0.2) is 42.6 Å². The zero-order chi connectivity index (χ0) is 22.1. The van der Waals surface area contributed by atoms with Gasteiger partial charge in [0.05, 0.1) is 30.4 Å². The van der Waals surface area contributed by atoms with E-state index in [4.69, 9.17) is 16.3 Å². The molecule has 3 aromatic rings. The van der Waals surface area contributed by atoms with Gasteiger partial charge < -0.3 is 14.4 Å². The van der Waals surface area contributed by atoms with Crippen LogP contribution < -0.4 is 9.64 Å². The van der Waals surface area contributed by atoms with Crippen LogP contribution in [0.2, 0.25) is 5.02 Å². The number of ether oxygens (including phenoxy) is 2. The molecule has 0 unspecified atom stereocenters. The molecule has 4 rings (SSSR count). The molecule has 1 aliphatic heterocycles. The van der Waals surface area contributed by atoms with Crippen molar-refractivity contribution in [3.63, 3.8) is 0 Å². The third-order valence-electron chi connectivity index (χ3n) is 5.36. The maximum Gasteiger partial charge on any atom is 0.343 e. The molecule has 0 saturated heterocycles. The number of esters is 1. The molecule has 0 N–H and O–H groups in total. The highest BCUT2D eigenvalue weighted by atomic mass is 35.5. The average Bonchev–Trinajstić information content (AvgIpc) is 3.00. The molecule has 0 radical (unpaired) electrons. The lowest BCUT2D eigenvalue weighted by molar-refractivity contribution is -0.142. The summed E-state index contributed by atoms with van der Waals surface area (Å²) in [6, 6.07) is 10.8. The Morgan fingerprint density at radius 1 is 1.16 bits per heavy atom. The third kappa shape index (κ3) is 4.14. The fraction of sp³-hybridized carbons (Fsp3) is 0.261. The van der Waals surface area contributed by atoms with Crippen LogP contribution in [0.3, 0.4) is 0 Å². The minimum atomic E-state index is -0.500. The third-order valence-corrected chi connectivity index (χ3v) is 5.67. The highest BCUT2D eigenvalue weighted by molar-refractivity contribution is 6.34. The summed E-state index contributed by atoms with van der Waals surface area (Å²) in [6.45, 7) is 2.20. The molecule has 2 aromatic carbocycles. The van der Waals surface area contributed by atoms with Crippen molar-refractivity contribution in [2.24, 2.45) is 7.05 Å². The zero-order valence-corrected chi connectivity index (χ0v) is 18.3. The maximum atomic E-state index is 13.6. The summed E-state index contributed by atoms with van der Waals surface area (Å²) in [5, 5.41) is 4.62. The Balaban J connectivity index is 1.68. The van der Waals surface area contributed by atoms with Gasteiger partial charge in [-0.3, -0.25) is 9.48 Å². The van der Waals surface area contributed by atoms with Gasteiger partial charge in [0.1, 0.15) is 5.75 Å². The number of fused-ring (bicyclic) bond motifs is 2. The van der Waals surface area contributed by atoms with Crippen molar-refractivity contribution >= 4 is 29.2 Å². The van der Waals surface area contributed by atoms with Gasteiger partial charge in [-0.2, -0.15) is 5.10 Å². The molecule has 0 aliphatic carbocycles. The molecule has 0 saturated carbocycles. The van der Waals surface area contributed by atoms with Crippen molar-refractivity contribution in [3.05, 3.63) is 75.6 Å². The zero-order valence-electron chi connectivity index (χ0n) is 17.5. The summed E-state index contributed by atoms with van der Waals surface area (Å²) >= 11 is 6.43. The predicted octanol–water partition coefficient (Wildman–Crippen LogP) is 3.68. The lowest BCUT2D eigenvalue weighted by Gasteiger charge is -2.24. The molecule has 0 spiro atoms. The molecular weight excluding hydrogens is 418 g/mol. The van der Waals surface area contributed by atoms with Gasteiger partial charge in [0, 0.05) is 30.4 Å². The smallest absolute Gasteiger partial charge is 0.343 e. The Labute approximate surface area is 185 Å². The SMILES string of the molecule is COC(=O)COc1ccc(C(=O)N2Cc3cnn(C)c3Cc3cc(C)ccc32)c(Cl)c1. The van der Waals surface area contributed by atoms with Crippen molar-refractivity contribution in [1.29, 1.82) is 0 Å². The van der Waals surface area contributed by atoms with E-state index in [-0.39, 0.29) is 17.5 Å². The fourth-order valence-electron chi connectivity index (χ4n) is 3.71. The van der Waals surface area contributed by atoms with E-state index < -0.39 is 5.97 Å². The Hall–Kier alpha value is -3.32. The Bertz CT molecular complexity index is 1170. The largest absolute Gasteiger partial charge is 0.482 e. The fourth-order valence-corrected chi connectivity index (χ4v) is 3.96. The second kappa shape index (κ2) is 8.43. The van der Waals surface area contributed by atoms with Crippen LogP contribution in [-0.2, 0) is 29.5 Å². The van der Waals surface area contributed by atoms with Crippen molar-refractivity contribution in [2.45, 2.75) is 19.9 Å². The lowest BCUT2D eigenvalue weighted by atomic mass is 10.0. The first kappa shape index (κ1) is 20.9. The number of amides is 1. The number of nitrogens with zero attached hydrogens (tertiary/aromatic N) is 3. The van der Waals surface area contributed by atoms with E-state index in [1.54, 1.807) is 23.2 Å². The number of carbonyl (C=O) groups excluding carboxylic acids is 2. The van der Waals surface area contributed by atoms with Gasteiger partial charge in [0.15, 0.2) is 6.61 Å². The highest BCUT2D eigenvalue weighted by Crippen LogP contribution is 2.34. The number of aryl methyl sites for hydroxylation is 2. The number of carbonyl (C=O) groups is 2. The van der Waals surface area contributed by atoms with Gasteiger partial charge in [-0.25, -0.2) is 4.79 Å². The molecule has 160 valence electrons. The van der Waals surface area contributed by atoms with E-state index in [0.29, 0.717) is 24.3 Å². The van der Waals surface area contributed by atoms with Crippen LogP contribution in [0.1, 0.15) is 32.7 Å². The molecular formula is C23H22ClN3O4. The summed E-state index contributed by atoms with van der Waals surface area (Å²) in [5.74, 6) is -0.334. The molecule has 0 fully saturated rings. The maximum absolute atomic E-state index is 13.6. The summed E-state index contributed by atoms with van der Waals surface area (Å²) in [7, 11) is 3.20. The second-order valence-corrected chi connectivity index (χ2v) is 7.85. The van der Waals surface area contributed by atoms with Crippen LogP contribution in [0.4, 0.5) is 5.69 Å². The van der Waals surface area contributed by atoms with Crippen LogP contribution in [0.25, 0.3) is 0 Å². The van der Waals surface area contributed by atoms with Crippen LogP contribution in [0, 0.1) is 6.92 Å². The van der Waals surface area contributed by atoms with Crippen LogP contribution >= 0.6 is 11.6 Å². The van der Waals surface area contributed by atoms with Crippen molar-refractivity contribution < 1.29 is 19.1 Å². The molecule has 7 nitrogen and oxygen atoms in total. The molecule has 0 bridgehead atoms. The monoisotopic (exact) mass is 439 g/mol. The van der Waals surface area contributed by atoms with Gasteiger partial charge in [-0.05, 0) is 36.8 Å². The molecule has 1 amide bonds. The van der Waals surface area contributed by atoms with Gasteiger partial charge in [-0.1, -0.05) is 29.3 Å². The van der Waals surface area contributed by atoms with E-state index >= 15 is 0 Å². The Kier molecular flexibility index (Phi) is 5.69. The Morgan fingerprint density at radius 2 is 1.97 bits per heavy atom. The average molecular weight is 440 g/mol. The number of rotatable bonds is 4. The van der Waals surface area contributed by atoms with E-state index in [2.05, 4.69) is 15.9 Å². The van der Waals surface area contributed by atoms with Crippen molar-refractivity contribution in [3.8, 4) is 5.75 Å². The van der Waals surface area contributed by atoms with Crippen molar-refractivity contribution in [2.75, 3.05) is 18.6 Å². The number of anilines is 1. The van der Waals surface area contributed by atoms with Gasteiger partial charge in [-0.15, -0.1) is 0 Å². The predicted molar refractivity (Wildman–Crippen MR) is 117 cm³/mol. The molecule has 31 heavy (non-hydrogen) atoms. The summed E-state index contributed by atoms with van der Waals surface area (Å²) in [4.78, 5) is 26.6. The van der Waals surface area contributed by atoms with Gasteiger partial charge in [0.25, 0.3) is 5.91 Å². The standard InChI is InChI=1S/C23H22ClN3O4/c1-14-4-7-20-15(8-14)9-21-16(11-25-26(21)2)12-27(20)23(29)18-6-5-17(10-19(18)24)31-13-22(28)30-3/h4-8,10-11H,9,12-13H2,1-3H3.